The van der Waals surface area contributed by atoms with Crippen molar-refractivity contribution in [2.24, 2.45) is 5.73 Å². The Labute approximate surface area is 105 Å². The van der Waals surface area contributed by atoms with Gasteiger partial charge in [0.2, 0.25) is 5.91 Å². The van der Waals surface area contributed by atoms with Gasteiger partial charge in [0.15, 0.2) is 0 Å². The van der Waals surface area contributed by atoms with Crippen molar-refractivity contribution >= 4 is 5.91 Å². The predicted molar refractivity (Wildman–Crippen MR) is 69.9 cm³/mol. The first-order chi connectivity index (χ1) is 8.13. The molecule has 102 valence electrons. The molecule has 0 heterocycles. The Balaban J connectivity index is 3.70. The zero-order valence-electron chi connectivity index (χ0n) is 11.4. The minimum Gasteiger partial charge on any atom is -0.383 e. The van der Waals surface area contributed by atoms with Crippen LogP contribution in [-0.2, 0) is 9.53 Å². The second kappa shape index (κ2) is 10.5. The maximum atomic E-state index is 11.7. The van der Waals surface area contributed by atoms with Crippen molar-refractivity contribution in [2.75, 3.05) is 40.4 Å². The molecule has 0 spiro atoms. The van der Waals surface area contributed by atoms with Crippen molar-refractivity contribution in [3.63, 3.8) is 0 Å². The van der Waals surface area contributed by atoms with Crippen LogP contribution in [0.2, 0.25) is 0 Å². The standard InChI is InChI=1S/C12H27N3O2/c1-11(12(16)14-8-10-17-3)15(2)9-6-4-5-7-13/h11H,4-10,13H2,1-3H3,(H,14,16). The molecule has 0 radical (unpaired) electrons. The number of nitrogens with two attached hydrogens (primary N) is 1. The lowest BCUT2D eigenvalue weighted by Gasteiger charge is -2.23. The molecule has 1 amide bonds. The van der Waals surface area contributed by atoms with E-state index in [1.54, 1.807) is 7.11 Å². The van der Waals surface area contributed by atoms with Crippen LogP contribution in [0.3, 0.4) is 0 Å². The Morgan fingerprint density at radius 3 is 2.71 bits per heavy atom. The minimum atomic E-state index is -0.0928. The Morgan fingerprint density at radius 2 is 2.12 bits per heavy atom. The molecule has 0 aromatic heterocycles. The van der Waals surface area contributed by atoms with Crippen LogP contribution in [0, 0.1) is 0 Å². The van der Waals surface area contributed by atoms with Crippen LogP contribution in [-0.4, -0.2) is 57.2 Å². The quantitative estimate of drug-likeness (QED) is 0.540. The number of nitrogens with zero attached hydrogens (tertiary/aromatic N) is 1. The zero-order valence-corrected chi connectivity index (χ0v) is 11.4. The van der Waals surface area contributed by atoms with Gasteiger partial charge in [0.1, 0.15) is 0 Å². The Morgan fingerprint density at radius 1 is 1.41 bits per heavy atom. The van der Waals surface area contributed by atoms with Gasteiger partial charge < -0.3 is 15.8 Å². The van der Waals surface area contributed by atoms with Gasteiger partial charge in [0.05, 0.1) is 12.6 Å². The average molecular weight is 245 g/mol. The highest BCUT2D eigenvalue weighted by Crippen LogP contribution is 2.01. The molecule has 0 aliphatic carbocycles. The van der Waals surface area contributed by atoms with Gasteiger partial charge in [-0.05, 0) is 39.9 Å². The lowest BCUT2D eigenvalue weighted by atomic mass is 10.2. The Bertz CT molecular complexity index is 200. The summed E-state index contributed by atoms with van der Waals surface area (Å²) < 4.78 is 4.88. The van der Waals surface area contributed by atoms with Crippen molar-refractivity contribution in [3.05, 3.63) is 0 Å². The van der Waals surface area contributed by atoms with Crippen LogP contribution in [0.4, 0.5) is 0 Å². The third kappa shape index (κ3) is 8.12. The van der Waals surface area contributed by atoms with Gasteiger partial charge in [-0.1, -0.05) is 6.42 Å². The van der Waals surface area contributed by atoms with E-state index in [1.807, 2.05) is 14.0 Å². The fourth-order valence-corrected chi connectivity index (χ4v) is 1.50. The van der Waals surface area contributed by atoms with Gasteiger partial charge in [-0.3, -0.25) is 9.69 Å². The molecule has 0 aliphatic rings. The summed E-state index contributed by atoms with van der Waals surface area (Å²) in [5.74, 6) is 0.0587. The highest BCUT2D eigenvalue weighted by atomic mass is 16.5. The SMILES string of the molecule is COCCNC(=O)C(C)N(C)CCCCCN. The molecule has 0 saturated carbocycles. The first kappa shape index (κ1) is 16.4. The van der Waals surface area contributed by atoms with Crippen LogP contribution in [0.5, 0.6) is 0 Å². The normalized spacial score (nSPS) is 12.8. The molecule has 0 aromatic carbocycles. The lowest BCUT2D eigenvalue weighted by molar-refractivity contribution is -0.125. The molecule has 0 fully saturated rings. The largest absolute Gasteiger partial charge is 0.383 e. The van der Waals surface area contributed by atoms with E-state index in [4.69, 9.17) is 10.5 Å². The molecule has 0 aliphatic heterocycles. The fourth-order valence-electron chi connectivity index (χ4n) is 1.50. The van der Waals surface area contributed by atoms with E-state index >= 15 is 0 Å². The van der Waals surface area contributed by atoms with Gasteiger partial charge in [-0.2, -0.15) is 0 Å². The van der Waals surface area contributed by atoms with Gasteiger partial charge in [-0.15, -0.1) is 0 Å². The molecule has 0 bridgehead atoms. The van der Waals surface area contributed by atoms with E-state index in [9.17, 15) is 4.79 Å². The molecule has 1 unspecified atom stereocenters. The summed E-state index contributed by atoms with van der Waals surface area (Å²) in [5, 5.41) is 2.84. The van der Waals surface area contributed by atoms with Gasteiger partial charge >= 0.3 is 0 Å². The molecule has 0 saturated heterocycles. The maximum absolute atomic E-state index is 11.7. The molecule has 0 aromatic rings. The van der Waals surface area contributed by atoms with Gasteiger partial charge in [0.25, 0.3) is 0 Å². The van der Waals surface area contributed by atoms with Crippen LogP contribution in [0.25, 0.3) is 0 Å². The number of hydrogen-bond donors (Lipinski definition) is 2. The average Bonchev–Trinajstić information content (AvgIpc) is 2.33. The molecule has 5 heteroatoms. The van der Waals surface area contributed by atoms with E-state index in [0.717, 1.165) is 32.4 Å². The molecule has 5 nitrogen and oxygen atoms in total. The van der Waals surface area contributed by atoms with Crippen molar-refractivity contribution in [1.29, 1.82) is 0 Å². The number of carbonyl (C=O) groups excluding carboxylic acids is 1. The van der Waals surface area contributed by atoms with E-state index in [-0.39, 0.29) is 11.9 Å². The van der Waals surface area contributed by atoms with Crippen molar-refractivity contribution in [1.82, 2.24) is 10.2 Å². The smallest absolute Gasteiger partial charge is 0.237 e. The summed E-state index contributed by atoms with van der Waals surface area (Å²) in [5.41, 5.74) is 5.43. The molecular weight excluding hydrogens is 218 g/mol. The summed E-state index contributed by atoms with van der Waals surface area (Å²) in [4.78, 5) is 13.8. The number of ether oxygens (including phenoxy) is 1. The predicted octanol–water partition coefficient (Wildman–Crippen LogP) is 0.198. The third-order valence-electron chi connectivity index (χ3n) is 2.86. The summed E-state index contributed by atoms with van der Waals surface area (Å²) in [6, 6.07) is -0.0928. The monoisotopic (exact) mass is 245 g/mol. The zero-order chi connectivity index (χ0) is 13.1. The van der Waals surface area contributed by atoms with Crippen LogP contribution in [0.15, 0.2) is 0 Å². The fraction of sp³-hybridized carbons (Fsp3) is 0.917. The Kier molecular flexibility index (Phi) is 10.1. The van der Waals surface area contributed by atoms with E-state index in [0.29, 0.717) is 13.2 Å². The number of hydrogen-bond acceptors (Lipinski definition) is 4. The number of unbranched alkanes of at least 4 members (excludes halogenated alkanes) is 2. The first-order valence-corrected chi connectivity index (χ1v) is 6.30. The first-order valence-electron chi connectivity index (χ1n) is 6.30. The third-order valence-corrected chi connectivity index (χ3v) is 2.86. The van der Waals surface area contributed by atoms with Crippen LogP contribution in [0.1, 0.15) is 26.2 Å². The maximum Gasteiger partial charge on any atom is 0.237 e. The summed E-state index contributed by atoms with van der Waals surface area (Å²) in [6.07, 6.45) is 3.27. The number of amides is 1. The highest BCUT2D eigenvalue weighted by molar-refractivity contribution is 5.81. The topological polar surface area (TPSA) is 67.6 Å². The number of likely N-dealkylation sites (N-methyl/N-ethyl adjacent to an activating group) is 1. The number of methoxy groups -OCH3 is 1. The van der Waals surface area contributed by atoms with Crippen molar-refractivity contribution in [3.8, 4) is 0 Å². The summed E-state index contributed by atoms with van der Waals surface area (Å²) in [6.45, 7) is 4.72. The van der Waals surface area contributed by atoms with E-state index in [1.165, 1.54) is 0 Å². The number of nitrogens with one attached hydrogen (secondary N) is 1. The van der Waals surface area contributed by atoms with Gasteiger partial charge in [-0.25, -0.2) is 0 Å². The van der Waals surface area contributed by atoms with E-state index in [2.05, 4.69) is 10.2 Å². The molecule has 3 N–H and O–H groups in total. The van der Waals surface area contributed by atoms with Crippen molar-refractivity contribution < 1.29 is 9.53 Å². The van der Waals surface area contributed by atoms with Crippen LogP contribution < -0.4 is 11.1 Å². The van der Waals surface area contributed by atoms with Gasteiger partial charge in [0, 0.05) is 13.7 Å². The number of rotatable bonds is 10. The second-order valence-corrected chi connectivity index (χ2v) is 4.29. The number of carbonyl (C=O) groups is 1. The highest BCUT2D eigenvalue weighted by Gasteiger charge is 2.16. The molecular formula is C12H27N3O2. The van der Waals surface area contributed by atoms with Crippen molar-refractivity contribution in [2.45, 2.75) is 32.2 Å². The van der Waals surface area contributed by atoms with Crippen LogP contribution >= 0.6 is 0 Å². The summed E-state index contributed by atoms with van der Waals surface area (Å²) >= 11 is 0. The minimum absolute atomic E-state index is 0.0587. The van der Waals surface area contributed by atoms with E-state index < -0.39 is 0 Å². The second-order valence-electron chi connectivity index (χ2n) is 4.29. The molecule has 17 heavy (non-hydrogen) atoms. The molecule has 0 rings (SSSR count). The summed E-state index contributed by atoms with van der Waals surface area (Å²) in [7, 11) is 3.60. The Hall–Kier alpha value is -0.650. The lowest BCUT2D eigenvalue weighted by Crippen LogP contribution is -2.44. The molecule has 1 atom stereocenters.